The highest BCUT2D eigenvalue weighted by Gasteiger charge is 2.57. The summed E-state index contributed by atoms with van der Waals surface area (Å²) < 4.78 is 10.7. The Balaban J connectivity index is 1.20. The maximum Gasteiger partial charge on any atom is 0.299 e. The lowest BCUT2D eigenvalue weighted by Gasteiger charge is -2.44. The average Bonchev–Trinajstić information content (AvgIpc) is 4.15. The molecule has 6 heterocycles. The van der Waals surface area contributed by atoms with Crippen LogP contribution in [0.25, 0.3) is 28.2 Å². The second-order valence-electron chi connectivity index (χ2n) is 28.4. The highest BCUT2D eigenvalue weighted by molar-refractivity contribution is 7.00. The molecule has 6 nitrogen and oxygen atoms in total. The molecule has 0 unspecified atom stereocenters. The monoisotopic (exact) mass is 1020 g/mol. The number of hydrogen-bond acceptors (Lipinski definition) is 5. The first-order valence-electron chi connectivity index (χ1n) is 28.5. The normalized spacial score (nSPS) is 17.6. The van der Waals surface area contributed by atoms with Gasteiger partial charge in [-0.3, -0.25) is 19.4 Å². The summed E-state index contributed by atoms with van der Waals surface area (Å²) in [6.07, 6.45) is 8.23. The van der Waals surface area contributed by atoms with Crippen LogP contribution in [0.15, 0.2) is 114 Å². The van der Waals surface area contributed by atoms with Gasteiger partial charge in [0, 0.05) is 68.4 Å². The van der Waals surface area contributed by atoms with Crippen molar-refractivity contribution in [1.29, 1.82) is 0 Å². The van der Waals surface area contributed by atoms with Gasteiger partial charge >= 0.3 is 0 Å². The summed E-state index contributed by atoms with van der Waals surface area (Å²) in [5, 5.41) is 0. The molecule has 77 heavy (non-hydrogen) atoms. The molecule has 4 aromatic heterocycles. The fraction of sp³-hybridized carbons (Fsp3) is 0.400. The lowest BCUT2D eigenvalue weighted by Crippen LogP contribution is -2.62. The molecule has 2 aliphatic heterocycles. The molecule has 0 fully saturated rings. The molecular weight excluding hydrogens is 938 g/mol. The van der Waals surface area contributed by atoms with Crippen LogP contribution in [0, 0.1) is 27.7 Å². The van der Waals surface area contributed by atoms with Crippen molar-refractivity contribution < 1.29 is 4.42 Å². The number of fused-ring (bicyclic) bond motifs is 8. The molecular formula is C70H80BN5O. The lowest BCUT2D eigenvalue weighted by molar-refractivity contribution is 0.282. The Kier molecular flexibility index (Phi) is 11.3. The van der Waals surface area contributed by atoms with Crippen LogP contribution in [-0.4, -0.2) is 21.2 Å². The molecule has 0 atom stereocenters. The van der Waals surface area contributed by atoms with Gasteiger partial charge in [0.15, 0.2) is 0 Å². The van der Waals surface area contributed by atoms with E-state index in [1.165, 1.54) is 89.7 Å². The Morgan fingerprint density at radius 3 is 1.47 bits per heavy atom. The van der Waals surface area contributed by atoms with Crippen LogP contribution in [0.2, 0.25) is 0 Å². The van der Waals surface area contributed by atoms with Gasteiger partial charge in [0.25, 0.3) is 6.71 Å². The van der Waals surface area contributed by atoms with Crippen molar-refractivity contribution in [2.75, 3.05) is 9.80 Å². The van der Waals surface area contributed by atoms with Gasteiger partial charge < -0.3 is 9.32 Å². The molecule has 8 aromatic rings. The van der Waals surface area contributed by atoms with Crippen molar-refractivity contribution in [3.05, 3.63) is 165 Å². The van der Waals surface area contributed by atoms with Crippen molar-refractivity contribution in [2.24, 2.45) is 0 Å². The highest BCUT2D eigenvalue weighted by Crippen LogP contribution is 2.57. The zero-order valence-corrected chi connectivity index (χ0v) is 49.4. The summed E-state index contributed by atoms with van der Waals surface area (Å²) in [6.45, 7) is 42.5. The van der Waals surface area contributed by atoms with Crippen LogP contribution < -0.4 is 26.4 Å². The molecule has 394 valence electrons. The minimum Gasteiger partial charge on any atom is -0.472 e. The van der Waals surface area contributed by atoms with E-state index in [2.05, 4.69) is 236 Å². The Hall–Kier alpha value is -6.60. The Bertz CT molecular complexity index is 3690. The Labute approximate surface area is 460 Å². The van der Waals surface area contributed by atoms with E-state index >= 15 is 0 Å². The second kappa shape index (κ2) is 17.0. The first-order chi connectivity index (χ1) is 36.1. The van der Waals surface area contributed by atoms with Crippen LogP contribution in [-0.2, 0) is 32.5 Å². The topological polar surface area (TPSA) is 50.3 Å². The van der Waals surface area contributed by atoms with Gasteiger partial charge in [-0.15, -0.1) is 0 Å². The van der Waals surface area contributed by atoms with E-state index in [9.17, 15) is 0 Å². The third-order valence-electron chi connectivity index (χ3n) is 18.4. The first kappa shape index (κ1) is 51.2. The minimum atomic E-state index is -0.184. The van der Waals surface area contributed by atoms with Gasteiger partial charge in [0.1, 0.15) is 11.6 Å². The summed E-state index contributed by atoms with van der Waals surface area (Å²) in [5.41, 5.74) is 26.4. The molecule has 0 bridgehead atoms. The van der Waals surface area contributed by atoms with E-state index < -0.39 is 0 Å². The van der Waals surface area contributed by atoms with Gasteiger partial charge in [0.05, 0.1) is 28.4 Å². The van der Waals surface area contributed by atoms with E-state index in [1.807, 2.05) is 12.4 Å². The Morgan fingerprint density at radius 1 is 0.494 bits per heavy atom. The van der Waals surface area contributed by atoms with Gasteiger partial charge in [-0.25, -0.2) is 0 Å². The Morgan fingerprint density at radius 2 is 0.948 bits per heavy atom. The zero-order chi connectivity index (χ0) is 54.8. The molecule has 0 saturated carbocycles. The number of aryl methyl sites for hydroxylation is 4. The molecule has 2 aliphatic carbocycles. The predicted molar refractivity (Wildman–Crippen MR) is 325 cm³/mol. The number of benzene rings is 4. The molecule has 7 heteroatoms. The van der Waals surface area contributed by atoms with Gasteiger partial charge in [-0.2, -0.15) is 0 Å². The molecule has 4 aromatic carbocycles. The molecule has 12 rings (SSSR count). The van der Waals surface area contributed by atoms with Crippen molar-refractivity contribution >= 4 is 57.6 Å². The number of nitrogens with zero attached hydrogens (tertiary/aromatic N) is 5. The largest absolute Gasteiger partial charge is 0.472 e. The van der Waals surface area contributed by atoms with Crippen LogP contribution in [0.4, 0.5) is 34.3 Å². The van der Waals surface area contributed by atoms with Crippen molar-refractivity contribution in [3.63, 3.8) is 0 Å². The molecule has 0 amide bonds. The van der Waals surface area contributed by atoms with E-state index in [1.54, 1.807) is 0 Å². The first-order valence-corrected chi connectivity index (χ1v) is 28.5. The van der Waals surface area contributed by atoms with E-state index in [0.717, 1.165) is 71.0 Å². The maximum atomic E-state index is 7.95. The highest BCUT2D eigenvalue weighted by atomic mass is 16.3. The summed E-state index contributed by atoms with van der Waals surface area (Å²) in [5.74, 6) is 2.36. The quantitative estimate of drug-likeness (QED) is 0.161. The third kappa shape index (κ3) is 7.93. The summed E-state index contributed by atoms with van der Waals surface area (Å²) >= 11 is 0. The summed E-state index contributed by atoms with van der Waals surface area (Å²) in [7, 11) is 0. The van der Waals surface area contributed by atoms with Crippen LogP contribution >= 0.6 is 0 Å². The summed E-state index contributed by atoms with van der Waals surface area (Å²) in [6, 6.07) is 37.1. The number of aromatic nitrogens is 3. The van der Waals surface area contributed by atoms with Gasteiger partial charge in [0.2, 0.25) is 0 Å². The number of anilines is 6. The SMILES string of the molecule is Cc1cc(C)c(-n2c3c(c4c2C(C)(C)CCC4(C)C)B2c4oc5c(c4N(c4ccc(-c6cc(C(C)(C)C)ccn6)cc4)c4cc(C)cc(c42)N3c2ccc(-c3cc(C(C)(C)C)ccn3)cc2)C(C)(C)CCC5(C)C)c(C)c1. The van der Waals surface area contributed by atoms with Crippen LogP contribution in [0.3, 0.4) is 0 Å². The number of furan rings is 1. The lowest BCUT2D eigenvalue weighted by atomic mass is 9.34. The van der Waals surface area contributed by atoms with E-state index in [4.69, 9.17) is 14.4 Å². The van der Waals surface area contributed by atoms with Gasteiger partial charge in [-0.1, -0.05) is 139 Å². The smallest absolute Gasteiger partial charge is 0.299 e. The number of hydrogen-bond donors (Lipinski definition) is 0. The van der Waals surface area contributed by atoms with Gasteiger partial charge in [-0.05, 0) is 180 Å². The van der Waals surface area contributed by atoms with Crippen molar-refractivity contribution in [1.82, 2.24) is 14.5 Å². The maximum absolute atomic E-state index is 7.95. The standard InChI is InChI=1S/C70H80BN5O/c1-41-35-43(3)59(44(4)36-41)76-61-55(67(11,12)29-31-69(61,15)16)58-64(76)75(50-25-21-46(22-26-50)52-40-48(28-34-73-52)66(8,9)10)54-38-42(2)37-53-57(54)71(58)63-60(56-62(77-63)70(17,18)32-30-68(56,13)14)74(53)49-23-19-45(20-24-49)51-39-47(27-33-72-51)65(5,6)7/h19-28,33-40H,29-32H2,1-18H3. The fourth-order valence-corrected chi connectivity index (χ4v) is 14.1. The molecule has 0 N–H and O–H groups in total. The molecule has 0 radical (unpaired) electrons. The van der Waals surface area contributed by atoms with Crippen molar-refractivity contribution in [2.45, 2.75) is 183 Å². The average molecular weight is 1020 g/mol. The number of pyridine rings is 2. The fourth-order valence-electron chi connectivity index (χ4n) is 14.1. The summed E-state index contributed by atoms with van der Waals surface area (Å²) in [4.78, 5) is 15.1. The minimum absolute atomic E-state index is 0.00473. The van der Waals surface area contributed by atoms with Crippen LogP contribution in [0.1, 0.15) is 179 Å². The van der Waals surface area contributed by atoms with Crippen molar-refractivity contribution in [3.8, 4) is 28.2 Å². The predicted octanol–water partition coefficient (Wildman–Crippen LogP) is 16.8. The third-order valence-corrected chi connectivity index (χ3v) is 18.4. The molecule has 4 aliphatic rings. The molecule has 0 saturated heterocycles. The van der Waals surface area contributed by atoms with E-state index in [0.29, 0.717) is 0 Å². The molecule has 0 spiro atoms. The zero-order valence-electron chi connectivity index (χ0n) is 49.4. The van der Waals surface area contributed by atoms with E-state index in [-0.39, 0.29) is 39.2 Å². The second-order valence-corrected chi connectivity index (χ2v) is 28.4. The van der Waals surface area contributed by atoms with Crippen LogP contribution in [0.5, 0.6) is 0 Å². The number of rotatable bonds is 5.